The monoisotopic (exact) mass is 445 g/mol. The van der Waals surface area contributed by atoms with Crippen LogP contribution in [0.2, 0.25) is 0 Å². The van der Waals surface area contributed by atoms with Crippen LogP contribution in [0.25, 0.3) is 0 Å². The van der Waals surface area contributed by atoms with E-state index in [-0.39, 0.29) is 36.8 Å². The van der Waals surface area contributed by atoms with Gasteiger partial charge in [-0.25, -0.2) is 8.78 Å². The first-order valence-corrected chi connectivity index (χ1v) is 8.15. The molecule has 1 aromatic rings. The van der Waals surface area contributed by atoms with Crippen LogP contribution in [0.4, 0.5) is 14.5 Å². The number of carbonyl (C=O) groups is 1. The first-order chi connectivity index (χ1) is 10.4. The molecule has 0 radical (unpaired) electrons. The third-order valence-electron chi connectivity index (χ3n) is 4.15. The summed E-state index contributed by atoms with van der Waals surface area (Å²) < 4.78 is 27.3. The molecule has 2 N–H and O–H groups in total. The number of anilines is 1. The van der Waals surface area contributed by atoms with Gasteiger partial charge in [0.2, 0.25) is 5.91 Å². The van der Waals surface area contributed by atoms with Gasteiger partial charge in [0.15, 0.2) is 0 Å². The van der Waals surface area contributed by atoms with E-state index in [1.807, 2.05) is 24.3 Å². The van der Waals surface area contributed by atoms with Crippen LogP contribution in [-0.2, 0) is 4.79 Å². The number of hydrogen-bond acceptors (Lipinski definition) is 3. The highest BCUT2D eigenvalue weighted by atomic mass is 79.9. The Balaban J connectivity index is 0.00000144. The van der Waals surface area contributed by atoms with Crippen molar-refractivity contribution in [2.45, 2.75) is 30.8 Å². The molecule has 2 aliphatic heterocycles. The van der Waals surface area contributed by atoms with Crippen LogP contribution in [0.3, 0.4) is 0 Å². The standard InChI is InChI=1S/C15H18BrF2N3O.2ClH/c16-11-3-1-2-4-13(11)21-6-5-10(8-21)20-14(22)12-7-15(17,18)9-19-12;;/h1-4,10,12,19H,5-9H2,(H,20,22);2*1H. The third-order valence-corrected chi connectivity index (χ3v) is 4.82. The molecule has 2 atom stereocenters. The fourth-order valence-corrected chi connectivity index (χ4v) is 3.54. The average molecular weight is 447 g/mol. The minimum absolute atomic E-state index is 0. The van der Waals surface area contributed by atoms with E-state index >= 15 is 0 Å². The minimum Gasteiger partial charge on any atom is -0.368 e. The van der Waals surface area contributed by atoms with E-state index < -0.39 is 24.9 Å². The van der Waals surface area contributed by atoms with Crippen molar-refractivity contribution < 1.29 is 13.6 Å². The van der Waals surface area contributed by atoms with Crippen molar-refractivity contribution in [3.63, 3.8) is 0 Å². The van der Waals surface area contributed by atoms with Crippen LogP contribution in [0.1, 0.15) is 12.8 Å². The maximum absolute atomic E-state index is 13.1. The van der Waals surface area contributed by atoms with Crippen LogP contribution < -0.4 is 15.5 Å². The number of benzene rings is 1. The van der Waals surface area contributed by atoms with Crippen molar-refractivity contribution in [3.8, 4) is 0 Å². The van der Waals surface area contributed by atoms with E-state index in [9.17, 15) is 13.6 Å². The van der Waals surface area contributed by atoms with Crippen molar-refractivity contribution in [1.29, 1.82) is 0 Å². The Morgan fingerprint density at radius 2 is 2.04 bits per heavy atom. The molecule has 2 unspecified atom stereocenters. The summed E-state index contributed by atoms with van der Waals surface area (Å²) in [4.78, 5) is 14.3. The van der Waals surface area contributed by atoms with Gasteiger partial charge >= 0.3 is 0 Å². The maximum Gasteiger partial charge on any atom is 0.262 e. The molecule has 2 heterocycles. The predicted octanol–water partition coefficient (Wildman–Crippen LogP) is 2.98. The van der Waals surface area contributed by atoms with Crippen molar-refractivity contribution >= 4 is 52.3 Å². The lowest BCUT2D eigenvalue weighted by Gasteiger charge is -2.21. The van der Waals surface area contributed by atoms with Crippen LogP contribution in [-0.4, -0.2) is 43.5 Å². The number of alkyl halides is 2. The highest BCUT2D eigenvalue weighted by molar-refractivity contribution is 9.10. The van der Waals surface area contributed by atoms with Crippen molar-refractivity contribution in [3.05, 3.63) is 28.7 Å². The van der Waals surface area contributed by atoms with E-state index in [4.69, 9.17) is 0 Å². The van der Waals surface area contributed by atoms with Gasteiger partial charge in [0.1, 0.15) is 0 Å². The van der Waals surface area contributed by atoms with Gasteiger partial charge in [-0.1, -0.05) is 12.1 Å². The van der Waals surface area contributed by atoms with Gasteiger partial charge in [0.25, 0.3) is 5.92 Å². The fourth-order valence-electron chi connectivity index (χ4n) is 3.01. The molecule has 0 aromatic heterocycles. The number of rotatable bonds is 3. The molecule has 2 aliphatic rings. The van der Waals surface area contributed by atoms with Gasteiger partial charge in [-0.05, 0) is 34.5 Å². The molecule has 24 heavy (non-hydrogen) atoms. The Hall–Kier alpha value is -0.630. The molecule has 2 saturated heterocycles. The number of halogens is 5. The molecule has 0 saturated carbocycles. The summed E-state index contributed by atoms with van der Waals surface area (Å²) in [7, 11) is 0. The summed E-state index contributed by atoms with van der Waals surface area (Å²) in [6.45, 7) is 1.11. The lowest BCUT2D eigenvalue weighted by atomic mass is 10.1. The molecule has 9 heteroatoms. The molecule has 136 valence electrons. The molecule has 3 rings (SSSR count). The van der Waals surface area contributed by atoms with Gasteiger partial charge in [-0.15, -0.1) is 24.8 Å². The van der Waals surface area contributed by atoms with E-state index in [2.05, 4.69) is 31.5 Å². The maximum atomic E-state index is 13.1. The predicted molar refractivity (Wildman–Crippen MR) is 98.8 cm³/mol. The van der Waals surface area contributed by atoms with Crippen LogP contribution in [0.15, 0.2) is 28.7 Å². The zero-order valence-corrected chi connectivity index (χ0v) is 16.0. The Morgan fingerprint density at radius 3 is 2.67 bits per heavy atom. The number of carbonyl (C=O) groups excluding carboxylic acids is 1. The zero-order chi connectivity index (χ0) is 15.7. The van der Waals surface area contributed by atoms with Gasteiger partial charge in [0.05, 0.1) is 18.3 Å². The summed E-state index contributed by atoms with van der Waals surface area (Å²) in [5.74, 6) is -3.10. The second-order valence-corrected chi connectivity index (χ2v) is 6.74. The summed E-state index contributed by atoms with van der Waals surface area (Å²) in [5, 5.41) is 5.48. The van der Waals surface area contributed by atoms with Crippen molar-refractivity contribution in [1.82, 2.24) is 10.6 Å². The second-order valence-electron chi connectivity index (χ2n) is 5.89. The molecular formula is C15H20BrCl2F2N3O. The molecule has 1 aromatic carbocycles. The summed E-state index contributed by atoms with van der Waals surface area (Å²) in [6, 6.07) is 7.13. The van der Waals surface area contributed by atoms with Gasteiger partial charge < -0.3 is 10.2 Å². The molecule has 4 nitrogen and oxygen atoms in total. The fraction of sp³-hybridized carbons (Fsp3) is 0.533. The first kappa shape index (κ1) is 21.4. The van der Waals surface area contributed by atoms with Gasteiger partial charge in [0, 0.05) is 30.0 Å². The Bertz CT molecular complexity index is 579. The van der Waals surface area contributed by atoms with Crippen LogP contribution in [0.5, 0.6) is 0 Å². The number of hydrogen-bond donors (Lipinski definition) is 2. The zero-order valence-electron chi connectivity index (χ0n) is 12.8. The molecule has 0 spiro atoms. The Morgan fingerprint density at radius 1 is 1.33 bits per heavy atom. The van der Waals surface area contributed by atoms with E-state index in [0.717, 1.165) is 23.1 Å². The summed E-state index contributed by atoms with van der Waals surface area (Å²) in [5.41, 5.74) is 1.09. The highest BCUT2D eigenvalue weighted by Gasteiger charge is 2.42. The molecule has 0 aliphatic carbocycles. The average Bonchev–Trinajstić information content (AvgIpc) is 3.06. The number of para-hydroxylation sites is 1. The Labute approximate surface area is 160 Å². The molecular weight excluding hydrogens is 427 g/mol. The lowest BCUT2D eigenvalue weighted by molar-refractivity contribution is -0.124. The van der Waals surface area contributed by atoms with E-state index in [1.54, 1.807) is 0 Å². The number of nitrogens with zero attached hydrogens (tertiary/aromatic N) is 1. The second kappa shape index (κ2) is 8.65. The topological polar surface area (TPSA) is 44.4 Å². The Kier molecular flexibility index (Phi) is 7.72. The first-order valence-electron chi connectivity index (χ1n) is 7.36. The molecule has 2 fully saturated rings. The smallest absolute Gasteiger partial charge is 0.262 e. The number of amides is 1. The number of nitrogens with one attached hydrogen (secondary N) is 2. The van der Waals surface area contributed by atoms with Gasteiger partial charge in [-0.2, -0.15) is 0 Å². The van der Waals surface area contributed by atoms with Crippen LogP contribution in [0, 0.1) is 0 Å². The van der Waals surface area contributed by atoms with Crippen LogP contribution >= 0.6 is 40.7 Å². The largest absolute Gasteiger partial charge is 0.368 e. The third kappa shape index (κ3) is 4.94. The SMILES string of the molecule is Cl.Cl.O=C(NC1CCN(c2ccccc2Br)C1)C1CC(F)(F)CN1. The summed E-state index contributed by atoms with van der Waals surface area (Å²) >= 11 is 3.52. The van der Waals surface area contributed by atoms with Gasteiger partial charge in [-0.3, -0.25) is 10.1 Å². The highest BCUT2D eigenvalue weighted by Crippen LogP contribution is 2.29. The minimum atomic E-state index is -2.78. The van der Waals surface area contributed by atoms with Crippen molar-refractivity contribution in [2.24, 2.45) is 0 Å². The van der Waals surface area contributed by atoms with Crippen molar-refractivity contribution in [2.75, 3.05) is 24.5 Å². The molecule has 1 amide bonds. The summed E-state index contributed by atoms with van der Waals surface area (Å²) in [6.07, 6.45) is 0.399. The quantitative estimate of drug-likeness (QED) is 0.750. The molecule has 0 bridgehead atoms. The van der Waals surface area contributed by atoms with E-state index in [0.29, 0.717) is 6.54 Å². The normalized spacial score (nSPS) is 24.9. The lowest BCUT2D eigenvalue weighted by Crippen LogP contribution is -2.46. The van der Waals surface area contributed by atoms with E-state index in [1.165, 1.54) is 0 Å².